The molecule has 0 saturated heterocycles. The minimum Gasteiger partial charge on any atom is -0.272 e. The Morgan fingerprint density at radius 1 is 1.06 bits per heavy atom. The summed E-state index contributed by atoms with van der Waals surface area (Å²) in [5.41, 5.74) is 6.29. The number of hydrogen-bond donors (Lipinski definition) is 1. The fraction of sp³-hybridized carbons (Fsp3) is 0.0909. The van der Waals surface area contributed by atoms with Crippen molar-refractivity contribution in [3.63, 3.8) is 0 Å². The molecule has 1 N–H and O–H groups in total. The second-order valence-corrected chi connectivity index (χ2v) is 7.52. The Balaban J connectivity index is 1.51. The van der Waals surface area contributed by atoms with Gasteiger partial charge in [0.2, 0.25) is 0 Å². The molecule has 0 unspecified atom stereocenters. The van der Waals surface area contributed by atoms with Gasteiger partial charge in [-0.05, 0) is 37.3 Å². The number of aromatic nitrogens is 5. The van der Waals surface area contributed by atoms with Gasteiger partial charge < -0.3 is 0 Å². The summed E-state index contributed by atoms with van der Waals surface area (Å²) >= 11 is 1.29. The first-order chi connectivity index (χ1) is 15.2. The van der Waals surface area contributed by atoms with Crippen molar-refractivity contribution in [2.45, 2.75) is 12.1 Å². The van der Waals surface area contributed by atoms with Crippen molar-refractivity contribution in [1.82, 2.24) is 30.2 Å². The summed E-state index contributed by atoms with van der Waals surface area (Å²) < 4.78 is 1.94. The molecular formula is C22H19N7OS. The zero-order valence-corrected chi connectivity index (χ0v) is 17.5. The maximum atomic E-state index is 12.2. The van der Waals surface area contributed by atoms with Gasteiger partial charge in [-0.3, -0.25) is 19.3 Å². The highest BCUT2D eigenvalue weighted by Crippen LogP contribution is 2.27. The second-order valence-electron chi connectivity index (χ2n) is 6.58. The number of benzene rings is 1. The molecule has 3 heterocycles. The predicted octanol–water partition coefficient (Wildman–Crippen LogP) is 3.28. The van der Waals surface area contributed by atoms with E-state index in [1.807, 2.05) is 54.0 Å². The van der Waals surface area contributed by atoms with Crippen LogP contribution in [0.25, 0.3) is 17.1 Å². The maximum Gasteiger partial charge on any atom is 0.250 e. The van der Waals surface area contributed by atoms with E-state index in [0.29, 0.717) is 11.0 Å². The fourth-order valence-electron chi connectivity index (χ4n) is 2.77. The molecule has 0 saturated carbocycles. The summed E-state index contributed by atoms with van der Waals surface area (Å²) in [4.78, 5) is 20.3. The average molecular weight is 430 g/mol. The van der Waals surface area contributed by atoms with Crippen molar-refractivity contribution in [3.05, 3.63) is 84.4 Å². The van der Waals surface area contributed by atoms with Crippen LogP contribution in [0.4, 0.5) is 0 Å². The lowest BCUT2D eigenvalue weighted by Gasteiger charge is -2.10. The van der Waals surface area contributed by atoms with Crippen LogP contribution in [0.3, 0.4) is 0 Å². The highest BCUT2D eigenvalue weighted by Gasteiger charge is 2.17. The number of carbonyl (C=O) groups is 1. The first-order valence-corrected chi connectivity index (χ1v) is 10.5. The summed E-state index contributed by atoms with van der Waals surface area (Å²) in [5, 5.41) is 13.3. The Bertz CT molecular complexity index is 1180. The summed E-state index contributed by atoms with van der Waals surface area (Å²) in [7, 11) is 0. The quantitative estimate of drug-likeness (QED) is 0.275. The standard InChI is InChI=1S/C22H19N7OS/c1-16-4-6-19(7-5-16)29-21(18-8-11-23-12-9-18)27-28-22(29)31-15-20(30)26-25-14-17-3-2-10-24-13-17/h2-14H,15H2,1H3,(H,26,30)/b25-14-. The van der Waals surface area contributed by atoms with Gasteiger partial charge in [0.1, 0.15) is 0 Å². The number of nitrogens with one attached hydrogen (secondary N) is 1. The van der Waals surface area contributed by atoms with Crippen LogP contribution >= 0.6 is 11.8 Å². The Hall–Kier alpha value is -3.85. The lowest BCUT2D eigenvalue weighted by atomic mass is 10.2. The molecule has 4 aromatic rings. The molecule has 0 aliphatic rings. The third-order valence-corrected chi connectivity index (χ3v) is 5.21. The molecule has 3 aromatic heterocycles. The lowest BCUT2D eigenvalue weighted by Crippen LogP contribution is -2.20. The smallest absolute Gasteiger partial charge is 0.250 e. The van der Waals surface area contributed by atoms with Crippen molar-refractivity contribution in [2.75, 3.05) is 5.75 Å². The molecule has 0 atom stereocenters. The average Bonchev–Trinajstić information content (AvgIpc) is 3.23. The van der Waals surface area contributed by atoms with E-state index in [4.69, 9.17) is 0 Å². The predicted molar refractivity (Wildman–Crippen MR) is 120 cm³/mol. The fourth-order valence-corrected chi connectivity index (χ4v) is 3.52. The number of amides is 1. The van der Waals surface area contributed by atoms with Crippen molar-refractivity contribution >= 4 is 23.9 Å². The second kappa shape index (κ2) is 9.77. The number of nitrogens with zero attached hydrogens (tertiary/aromatic N) is 6. The van der Waals surface area contributed by atoms with E-state index < -0.39 is 0 Å². The van der Waals surface area contributed by atoms with Gasteiger partial charge in [0.05, 0.1) is 12.0 Å². The number of aryl methyl sites for hydroxylation is 1. The van der Waals surface area contributed by atoms with E-state index in [1.54, 1.807) is 37.1 Å². The van der Waals surface area contributed by atoms with Crippen LogP contribution in [0.2, 0.25) is 0 Å². The summed E-state index contributed by atoms with van der Waals surface area (Å²) in [6, 6.07) is 15.5. The molecule has 4 rings (SSSR count). The molecule has 154 valence electrons. The van der Waals surface area contributed by atoms with E-state index in [2.05, 4.69) is 30.7 Å². The van der Waals surface area contributed by atoms with Gasteiger partial charge in [0.15, 0.2) is 11.0 Å². The summed E-state index contributed by atoms with van der Waals surface area (Å²) in [5.74, 6) is 0.586. The molecular weight excluding hydrogens is 410 g/mol. The van der Waals surface area contributed by atoms with Crippen molar-refractivity contribution in [2.24, 2.45) is 5.10 Å². The van der Waals surface area contributed by atoms with Gasteiger partial charge in [0.25, 0.3) is 5.91 Å². The number of hydrazone groups is 1. The molecule has 31 heavy (non-hydrogen) atoms. The van der Waals surface area contributed by atoms with Gasteiger partial charge in [-0.25, -0.2) is 5.43 Å². The highest BCUT2D eigenvalue weighted by molar-refractivity contribution is 7.99. The summed E-state index contributed by atoms with van der Waals surface area (Å²) in [6.45, 7) is 2.03. The topological polar surface area (TPSA) is 98.0 Å². The molecule has 1 aromatic carbocycles. The largest absolute Gasteiger partial charge is 0.272 e. The van der Waals surface area contributed by atoms with Gasteiger partial charge >= 0.3 is 0 Å². The van der Waals surface area contributed by atoms with Crippen LogP contribution in [-0.4, -0.2) is 42.6 Å². The SMILES string of the molecule is Cc1ccc(-n2c(SCC(=O)N/N=C\c3cccnc3)nnc2-c2ccncc2)cc1. The number of pyridine rings is 2. The van der Waals surface area contributed by atoms with Gasteiger partial charge in [-0.2, -0.15) is 5.10 Å². The van der Waals surface area contributed by atoms with Gasteiger partial charge in [0, 0.05) is 41.6 Å². The van der Waals surface area contributed by atoms with Crippen LogP contribution in [0.15, 0.2) is 83.6 Å². The zero-order chi connectivity index (χ0) is 21.5. The minimum atomic E-state index is -0.242. The van der Waals surface area contributed by atoms with Crippen LogP contribution in [0.5, 0.6) is 0 Å². The maximum absolute atomic E-state index is 12.2. The van der Waals surface area contributed by atoms with Crippen LogP contribution < -0.4 is 5.43 Å². The zero-order valence-electron chi connectivity index (χ0n) is 16.7. The lowest BCUT2D eigenvalue weighted by molar-refractivity contribution is -0.118. The number of carbonyl (C=O) groups excluding carboxylic acids is 1. The van der Waals surface area contributed by atoms with Crippen molar-refractivity contribution in [3.8, 4) is 17.1 Å². The minimum absolute atomic E-state index is 0.144. The Morgan fingerprint density at radius 2 is 1.87 bits per heavy atom. The van der Waals surface area contributed by atoms with E-state index in [-0.39, 0.29) is 11.7 Å². The summed E-state index contributed by atoms with van der Waals surface area (Å²) in [6.07, 6.45) is 8.31. The first-order valence-electron chi connectivity index (χ1n) is 9.48. The van der Waals surface area contributed by atoms with Crippen molar-refractivity contribution in [1.29, 1.82) is 0 Å². The van der Waals surface area contributed by atoms with Crippen molar-refractivity contribution < 1.29 is 4.79 Å². The molecule has 0 radical (unpaired) electrons. The van der Waals surface area contributed by atoms with E-state index >= 15 is 0 Å². The molecule has 9 heteroatoms. The van der Waals surface area contributed by atoms with E-state index in [0.717, 1.165) is 22.4 Å². The molecule has 0 fully saturated rings. The van der Waals surface area contributed by atoms with E-state index in [1.165, 1.54) is 11.8 Å². The van der Waals surface area contributed by atoms with E-state index in [9.17, 15) is 4.79 Å². The molecule has 0 aliphatic carbocycles. The third kappa shape index (κ3) is 5.20. The van der Waals surface area contributed by atoms with Gasteiger partial charge in [-0.15, -0.1) is 10.2 Å². The Labute approximate surface area is 183 Å². The van der Waals surface area contributed by atoms with Crippen LogP contribution in [0, 0.1) is 6.92 Å². The van der Waals surface area contributed by atoms with Crippen LogP contribution in [0.1, 0.15) is 11.1 Å². The van der Waals surface area contributed by atoms with Gasteiger partial charge in [-0.1, -0.05) is 35.5 Å². The number of hydrogen-bond acceptors (Lipinski definition) is 7. The highest BCUT2D eigenvalue weighted by atomic mass is 32.2. The number of thioether (sulfide) groups is 1. The third-order valence-electron chi connectivity index (χ3n) is 4.28. The number of rotatable bonds is 7. The normalized spacial score (nSPS) is 11.0. The molecule has 0 spiro atoms. The van der Waals surface area contributed by atoms with Crippen LogP contribution in [-0.2, 0) is 4.79 Å². The Kier molecular flexibility index (Phi) is 6.44. The molecule has 8 nitrogen and oxygen atoms in total. The molecule has 0 aliphatic heterocycles. The molecule has 1 amide bonds. The monoisotopic (exact) mass is 429 g/mol. The first kappa shape index (κ1) is 20.4. The Morgan fingerprint density at radius 3 is 2.61 bits per heavy atom. The molecule has 0 bridgehead atoms.